The van der Waals surface area contributed by atoms with Gasteiger partial charge in [0.25, 0.3) is 5.91 Å². The van der Waals surface area contributed by atoms with Crippen molar-refractivity contribution in [2.75, 3.05) is 5.43 Å². The maximum atomic E-state index is 12.2. The summed E-state index contributed by atoms with van der Waals surface area (Å²) in [6.45, 7) is 8.30. The van der Waals surface area contributed by atoms with E-state index in [2.05, 4.69) is 29.6 Å². The number of nitrogen functional groups attached to an aromatic ring is 1. The molecule has 5 nitrogen and oxygen atoms in total. The van der Waals surface area contributed by atoms with Crippen LogP contribution in [0.2, 0.25) is 0 Å². The number of nitrogens with zero attached hydrogens (tertiary/aromatic N) is 1. The van der Waals surface area contributed by atoms with Crippen molar-refractivity contribution in [3.8, 4) is 0 Å². The van der Waals surface area contributed by atoms with E-state index in [1.54, 1.807) is 12.3 Å². The van der Waals surface area contributed by atoms with Crippen LogP contribution in [0.5, 0.6) is 0 Å². The van der Waals surface area contributed by atoms with Crippen LogP contribution in [-0.4, -0.2) is 16.9 Å². The van der Waals surface area contributed by atoms with Gasteiger partial charge in [-0.15, -0.1) is 0 Å². The minimum atomic E-state index is -0.137. The van der Waals surface area contributed by atoms with E-state index in [-0.39, 0.29) is 11.9 Å². The number of amides is 1. The van der Waals surface area contributed by atoms with Crippen LogP contribution < -0.4 is 16.6 Å². The first-order valence-corrected chi connectivity index (χ1v) is 7.18. The number of hydrogen-bond donors (Lipinski definition) is 3. The second-order valence-corrected chi connectivity index (χ2v) is 5.71. The van der Waals surface area contributed by atoms with Crippen LogP contribution in [0.4, 0.5) is 5.69 Å². The van der Waals surface area contributed by atoms with Gasteiger partial charge in [0.15, 0.2) is 0 Å². The molecule has 1 aromatic heterocycles. The Bertz CT molecular complexity index is 445. The lowest BCUT2D eigenvalue weighted by Gasteiger charge is -2.16. The number of rotatable bonds is 7. The molecule has 1 amide bonds. The molecule has 0 fully saturated rings. The molecule has 112 valence electrons. The molecule has 20 heavy (non-hydrogen) atoms. The first-order chi connectivity index (χ1) is 9.43. The zero-order valence-corrected chi connectivity index (χ0v) is 12.9. The lowest BCUT2D eigenvalue weighted by molar-refractivity contribution is 0.0938. The van der Waals surface area contributed by atoms with Crippen molar-refractivity contribution in [1.29, 1.82) is 0 Å². The van der Waals surface area contributed by atoms with Crippen LogP contribution in [0, 0.1) is 12.8 Å². The summed E-state index contributed by atoms with van der Waals surface area (Å²) in [5.41, 5.74) is 4.45. The molecule has 0 saturated carbocycles. The van der Waals surface area contributed by atoms with E-state index >= 15 is 0 Å². The molecule has 0 bridgehead atoms. The number of nitrogens with one attached hydrogen (secondary N) is 2. The number of anilines is 1. The fourth-order valence-electron chi connectivity index (χ4n) is 2.07. The van der Waals surface area contributed by atoms with Gasteiger partial charge in [0.05, 0.1) is 11.3 Å². The molecule has 1 unspecified atom stereocenters. The number of carbonyl (C=O) groups excluding carboxylic acids is 1. The molecule has 0 spiro atoms. The maximum absolute atomic E-state index is 12.2. The van der Waals surface area contributed by atoms with E-state index in [0.717, 1.165) is 18.5 Å². The highest BCUT2D eigenvalue weighted by Crippen LogP contribution is 2.15. The van der Waals surface area contributed by atoms with Crippen molar-refractivity contribution in [3.63, 3.8) is 0 Å². The Hall–Kier alpha value is -1.62. The third-order valence-corrected chi connectivity index (χ3v) is 3.24. The zero-order valence-electron chi connectivity index (χ0n) is 12.9. The number of carbonyl (C=O) groups is 1. The van der Waals surface area contributed by atoms with Crippen molar-refractivity contribution in [3.05, 3.63) is 23.5 Å². The fourth-order valence-corrected chi connectivity index (χ4v) is 2.07. The summed E-state index contributed by atoms with van der Waals surface area (Å²) in [4.78, 5) is 16.3. The zero-order chi connectivity index (χ0) is 15.1. The second-order valence-electron chi connectivity index (χ2n) is 5.71. The predicted molar refractivity (Wildman–Crippen MR) is 82.4 cm³/mol. The summed E-state index contributed by atoms with van der Waals surface area (Å²) in [6, 6.07) is 1.91. The molecule has 0 aliphatic rings. The highest BCUT2D eigenvalue weighted by Gasteiger charge is 2.14. The lowest BCUT2D eigenvalue weighted by Crippen LogP contribution is -2.33. The minimum absolute atomic E-state index is 0.137. The second kappa shape index (κ2) is 7.85. The van der Waals surface area contributed by atoms with Crippen molar-refractivity contribution in [2.24, 2.45) is 11.8 Å². The third-order valence-electron chi connectivity index (χ3n) is 3.24. The topological polar surface area (TPSA) is 80.0 Å². The van der Waals surface area contributed by atoms with Crippen LogP contribution in [0.3, 0.4) is 0 Å². The Labute approximate surface area is 121 Å². The van der Waals surface area contributed by atoms with E-state index < -0.39 is 0 Å². The highest BCUT2D eigenvalue weighted by molar-refractivity contribution is 5.99. The van der Waals surface area contributed by atoms with Crippen LogP contribution in [0.25, 0.3) is 0 Å². The SMILES string of the molecule is Cc1cc(NN)c(C(=O)NC(C)CCCC(C)C)cn1. The first kappa shape index (κ1) is 16.4. The summed E-state index contributed by atoms with van der Waals surface area (Å²) < 4.78 is 0. The molecule has 1 heterocycles. The summed E-state index contributed by atoms with van der Waals surface area (Å²) in [5.74, 6) is 6.01. The van der Waals surface area contributed by atoms with Gasteiger partial charge in [0.2, 0.25) is 0 Å². The van der Waals surface area contributed by atoms with Gasteiger partial charge in [0, 0.05) is 17.9 Å². The molecule has 1 aromatic rings. The fraction of sp³-hybridized carbons (Fsp3) is 0.600. The van der Waals surface area contributed by atoms with Crippen molar-refractivity contribution in [1.82, 2.24) is 10.3 Å². The molecular weight excluding hydrogens is 252 g/mol. The summed E-state index contributed by atoms with van der Waals surface area (Å²) in [6.07, 6.45) is 4.84. The normalized spacial score (nSPS) is 12.3. The molecular formula is C15H26N4O. The van der Waals surface area contributed by atoms with E-state index in [9.17, 15) is 4.79 Å². The Balaban J connectivity index is 2.58. The minimum Gasteiger partial charge on any atom is -0.349 e. The molecule has 0 aromatic carbocycles. The average molecular weight is 278 g/mol. The number of hydrogen-bond acceptors (Lipinski definition) is 4. The Morgan fingerprint density at radius 1 is 1.35 bits per heavy atom. The van der Waals surface area contributed by atoms with Crippen LogP contribution in [0.15, 0.2) is 12.3 Å². The summed E-state index contributed by atoms with van der Waals surface area (Å²) in [5, 5.41) is 2.99. The smallest absolute Gasteiger partial charge is 0.255 e. The molecule has 1 atom stereocenters. The summed E-state index contributed by atoms with van der Waals surface area (Å²) in [7, 11) is 0. The average Bonchev–Trinajstić information content (AvgIpc) is 2.37. The standard InChI is InChI=1S/C15H26N4O/c1-10(2)6-5-7-11(3)18-15(20)13-9-17-12(4)8-14(13)19-16/h8-11H,5-7,16H2,1-4H3,(H,17,19)(H,18,20). The van der Waals surface area contributed by atoms with Gasteiger partial charge in [-0.3, -0.25) is 15.6 Å². The monoisotopic (exact) mass is 278 g/mol. The van der Waals surface area contributed by atoms with Gasteiger partial charge < -0.3 is 10.7 Å². The molecule has 5 heteroatoms. The number of aromatic nitrogens is 1. The largest absolute Gasteiger partial charge is 0.349 e. The number of hydrazine groups is 1. The predicted octanol–water partition coefficient (Wildman–Crippen LogP) is 2.62. The molecule has 0 aliphatic carbocycles. The van der Waals surface area contributed by atoms with Gasteiger partial charge in [-0.25, -0.2) is 0 Å². The van der Waals surface area contributed by atoms with Crippen LogP contribution >= 0.6 is 0 Å². The van der Waals surface area contributed by atoms with Crippen LogP contribution in [-0.2, 0) is 0 Å². The third kappa shape index (κ3) is 5.17. The van der Waals surface area contributed by atoms with Crippen LogP contribution in [0.1, 0.15) is 56.1 Å². The van der Waals surface area contributed by atoms with Crippen molar-refractivity contribution < 1.29 is 4.79 Å². The Morgan fingerprint density at radius 3 is 2.65 bits per heavy atom. The van der Waals surface area contributed by atoms with Gasteiger partial charge in [-0.05, 0) is 32.3 Å². The quantitative estimate of drug-likeness (QED) is 0.529. The van der Waals surface area contributed by atoms with E-state index in [0.29, 0.717) is 17.2 Å². The Kier molecular flexibility index (Phi) is 6.45. The van der Waals surface area contributed by atoms with Gasteiger partial charge in [-0.1, -0.05) is 26.7 Å². The number of aryl methyl sites for hydroxylation is 1. The molecule has 0 radical (unpaired) electrons. The maximum Gasteiger partial charge on any atom is 0.255 e. The number of nitrogens with two attached hydrogens (primary N) is 1. The Morgan fingerprint density at radius 2 is 2.05 bits per heavy atom. The number of pyridine rings is 1. The van der Waals surface area contributed by atoms with Gasteiger partial charge >= 0.3 is 0 Å². The molecule has 1 rings (SSSR count). The van der Waals surface area contributed by atoms with Crippen molar-refractivity contribution >= 4 is 11.6 Å². The lowest BCUT2D eigenvalue weighted by atomic mass is 10.0. The van der Waals surface area contributed by atoms with Crippen molar-refractivity contribution in [2.45, 2.75) is 53.0 Å². The van der Waals surface area contributed by atoms with Gasteiger partial charge in [0.1, 0.15) is 0 Å². The van der Waals surface area contributed by atoms with E-state index in [1.165, 1.54) is 6.42 Å². The van der Waals surface area contributed by atoms with Gasteiger partial charge in [-0.2, -0.15) is 0 Å². The first-order valence-electron chi connectivity index (χ1n) is 7.18. The van der Waals surface area contributed by atoms with E-state index in [1.807, 2.05) is 13.8 Å². The molecule has 0 saturated heterocycles. The highest BCUT2D eigenvalue weighted by atomic mass is 16.1. The molecule has 4 N–H and O–H groups in total. The van der Waals surface area contributed by atoms with E-state index in [4.69, 9.17) is 5.84 Å². The summed E-state index contributed by atoms with van der Waals surface area (Å²) >= 11 is 0. The molecule has 0 aliphatic heterocycles.